The van der Waals surface area contributed by atoms with Crippen molar-refractivity contribution >= 4 is 11.7 Å². The van der Waals surface area contributed by atoms with Gasteiger partial charge in [0.25, 0.3) is 5.91 Å². The number of nitrogens with zero attached hydrogens (tertiary/aromatic N) is 1. The predicted molar refractivity (Wildman–Crippen MR) is 126 cm³/mol. The first-order valence-electron chi connectivity index (χ1n) is 11.2. The molecule has 2 aliphatic heterocycles. The van der Waals surface area contributed by atoms with Gasteiger partial charge in [-0.3, -0.25) is 4.79 Å². The first-order valence-corrected chi connectivity index (χ1v) is 11.2. The molecule has 2 aliphatic rings. The van der Waals surface area contributed by atoms with Crippen LogP contribution in [0.3, 0.4) is 0 Å². The third-order valence-electron chi connectivity index (χ3n) is 6.87. The lowest BCUT2D eigenvalue weighted by Gasteiger charge is -2.37. The molecule has 0 atom stereocenters. The molecule has 0 unspecified atom stereocenters. The van der Waals surface area contributed by atoms with Crippen LogP contribution in [0, 0.1) is 5.95 Å². The summed E-state index contributed by atoms with van der Waals surface area (Å²) in [6, 6.07) is 15.2. The van der Waals surface area contributed by atoms with E-state index in [4.69, 9.17) is 10.5 Å². The third kappa shape index (κ3) is 3.87. The van der Waals surface area contributed by atoms with Gasteiger partial charge in [-0.15, -0.1) is 0 Å². The Balaban J connectivity index is 1.51. The van der Waals surface area contributed by atoms with Crippen molar-refractivity contribution in [3.05, 3.63) is 71.2 Å². The quantitative estimate of drug-likeness (QED) is 0.533. The molecule has 2 aromatic carbocycles. The standard InChI is InChI=1S/C26H27FN4O2/c1-33-26(9-12-29-13-10-26)19-5-2-16(3-6-19)21-15-22(24(28)31-23(21)27)17-4-7-20-18(14-17)8-11-30-25(20)32/h2-7,14-15,29H,8-13H2,1H3,(H2,28,31)(H,30,32). The molecule has 33 heavy (non-hydrogen) atoms. The highest BCUT2D eigenvalue weighted by molar-refractivity contribution is 5.97. The molecule has 1 aromatic heterocycles. The summed E-state index contributed by atoms with van der Waals surface area (Å²) in [6.45, 7) is 2.40. The molecule has 1 amide bonds. The van der Waals surface area contributed by atoms with Gasteiger partial charge in [-0.05, 0) is 66.7 Å². The van der Waals surface area contributed by atoms with E-state index in [2.05, 4.69) is 15.6 Å². The van der Waals surface area contributed by atoms with Crippen molar-refractivity contribution in [1.82, 2.24) is 15.6 Å². The molecule has 0 radical (unpaired) electrons. The van der Waals surface area contributed by atoms with Crippen LogP contribution in [0.25, 0.3) is 22.3 Å². The number of carbonyl (C=O) groups is 1. The van der Waals surface area contributed by atoms with Crippen LogP contribution in [-0.2, 0) is 16.8 Å². The Hall–Kier alpha value is -3.29. The number of nitrogen functional groups attached to an aromatic ring is 1. The lowest BCUT2D eigenvalue weighted by atomic mass is 9.84. The monoisotopic (exact) mass is 446 g/mol. The molecule has 1 saturated heterocycles. The van der Waals surface area contributed by atoms with E-state index >= 15 is 0 Å². The first kappa shape index (κ1) is 21.6. The van der Waals surface area contributed by atoms with E-state index in [0.29, 0.717) is 23.2 Å². The van der Waals surface area contributed by atoms with Gasteiger partial charge in [0, 0.05) is 30.3 Å². The number of anilines is 1. The van der Waals surface area contributed by atoms with Crippen molar-refractivity contribution in [2.24, 2.45) is 0 Å². The van der Waals surface area contributed by atoms with Gasteiger partial charge in [0.05, 0.1) is 5.60 Å². The summed E-state index contributed by atoms with van der Waals surface area (Å²) in [5, 5.41) is 6.21. The average Bonchev–Trinajstić information content (AvgIpc) is 2.85. The van der Waals surface area contributed by atoms with Gasteiger partial charge in [0.2, 0.25) is 5.95 Å². The molecule has 7 heteroatoms. The molecular weight excluding hydrogens is 419 g/mol. The fourth-order valence-corrected chi connectivity index (χ4v) is 4.93. The lowest BCUT2D eigenvalue weighted by molar-refractivity contribution is -0.0391. The maximum Gasteiger partial charge on any atom is 0.251 e. The van der Waals surface area contributed by atoms with Crippen LogP contribution in [0.5, 0.6) is 0 Å². The van der Waals surface area contributed by atoms with Gasteiger partial charge in [0.15, 0.2) is 0 Å². The number of piperidine rings is 1. The number of hydrogen-bond acceptors (Lipinski definition) is 5. The van der Waals surface area contributed by atoms with E-state index in [9.17, 15) is 9.18 Å². The number of aromatic nitrogens is 1. The van der Waals surface area contributed by atoms with Crippen molar-refractivity contribution in [2.75, 3.05) is 32.5 Å². The smallest absolute Gasteiger partial charge is 0.251 e. The van der Waals surface area contributed by atoms with E-state index in [1.807, 2.05) is 36.4 Å². The molecular formula is C26H27FN4O2. The zero-order valence-corrected chi connectivity index (χ0v) is 18.6. The highest BCUT2D eigenvalue weighted by Crippen LogP contribution is 2.37. The normalized spacial score (nSPS) is 17.3. The molecule has 170 valence electrons. The van der Waals surface area contributed by atoms with Crippen molar-refractivity contribution in [3.8, 4) is 22.3 Å². The minimum atomic E-state index is -0.607. The summed E-state index contributed by atoms with van der Waals surface area (Å²) in [5.41, 5.74) is 11.1. The Kier molecular flexibility index (Phi) is 5.60. The molecule has 5 rings (SSSR count). The van der Waals surface area contributed by atoms with Crippen molar-refractivity contribution in [3.63, 3.8) is 0 Å². The third-order valence-corrected chi connectivity index (χ3v) is 6.87. The molecule has 0 bridgehead atoms. The number of carbonyl (C=O) groups excluding carboxylic acids is 1. The molecule has 1 fully saturated rings. The first-order chi connectivity index (χ1) is 16.0. The van der Waals surface area contributed by atoms with Crippen LogP contribution in [-0.4, -0.2) is 37.6 Å². The van der Waals surface area contributed by atoms with E-state index in [1.165, 1.54) is 0 Å². The molecule has 3 heterocycles. The van der Waals surface area contributed by atoms with Crippen LogP contribution >= 0.6 is 0 Å². The number of ether oxygens (including phenoxy) is 1. The van der Waals surface area contributed by atoms with Crippen molar-refractivity contribution in [2.45, 2.75) is 24.9 Å². The Morgan fingerprint density at radius 2 is 1.70 bits per heavy atom. The molecule has 0 aliphatic carbocycles. The summed E-state index contributed by atoms with van der Waals surface area (Å²) >= 11 is 0. The van der Waals surface area contributed by atoms with E-state index in [0.717, 1.165) is 54.6 Å². The number of pyridine rings is 1. The largest absolute Gasteiger partial charge is 0.383 e. The van der Waals surface area contributed by atoms with E-state index < -0.39 is 5.95 Å². The van der Waals surface area contributed by atoms with Crippen molar-refractivity contribution < 1.29 is 13.9 Å². The van der Waals surface area contributed by atoms with Crippen LogP contribution in [0.15, 0.2) is 48.5 Å². The van der Waals surface area contributed by atoms with Crippen LogP contribution in [0.1, 0.15) is 34.3 Å². The van der Waals surface area contributed by atoms with Gasteiger partial charge < -0.3 is 21.1 Å². The van der Waals surface area contributed by atoms with Gasteiger partial charge in [0.1, 0.15) is 5.82 Å². The maximum atomic E-state index is 14.9. The summed E-state index contributed by atoms with van der Waals surface area (Å²) in [6.07, 6.45) is 2.52. The van der Waals surface area contributed by atoms with Gasteiger partial charge in [-0.1, -0.05) is 36.4 Å². The van der Waals surface area contributed by atoms with Crippen LogP contribution in [0.4, 0.5) is 10.2 Å². The Labute approximate surface area is 192 Å². The number of amides is 1. The van der Waals surface area contributed by atoms with Gasteiger partial charge in [-0.2, -0.15) is 4.39 Å². The second-order valence-electron chi connectivity index (χ2n) is 8.66. The zero-order valence-electron chi connectivity index (χ0n) is 18.6. The fraction of sp³-hybridized carbons (Fsp3) is 0.308. The lowest BCUT2D eigenvalue weighted by Crippen LogP contribution is -2.41. The number of nitrogens with one attached hydrogen (secondary N) is 2. The minimum Gasteiger partial charge on any atom is -0.383 e. The SMILES string of the molecule is COC1(c2ccc(-c3cc(-c4ccc5c(c4)CCNC5=O)c(N)nc3F)cc2)CCNCC1. The number of rotatable bonds is 4. The minimum absolute atomic E-state index is 0.0728. The second kappa shape index (κ2) is 8.57. The highest BCUT2D eigenvalue weighted by Gasteiger charge is 2.33. The van der Waals surface area contributed by atoms with Gasteiger partial charge in [-0.25, -0.2) is 4.98 Å². The molecule has 4 N–H and O–H groups in total. The molecule has 0 saturated carbocycles. The maximum absolute atomic E-state index is 14.9. The number of nitrogens with two attached hydrogens (primary N) is 1. The zero-order chi connectivity index (χ0) is 23.0. The van der Waals surface area contributed by atoms with Crippen LogP contribution < -0.4 is 16.4 Å². The summed E-state index contributed by atoms with van der Waals surface area (Å²) in [7, 11) is 1.75. The Morgan fingerprint density at radius 3 is 2.42 bits per heavy atom. The number of methoxy groups -OCH3 is 1. The summed E-state index contributed by atoms with van der Waals surface area (Å²) in [4.78, 5) is 16.1. The van der Waals surface area contributed by atoms with Gasteiger partial charge >= 0.3 is 0 Å². The molecule has 0 spiro atoms. The van der Waals surface area contributed by atoms with Crippen LogP contribution in [0.2, 0.25) is 0 Å². The van der Waals surface area contributed by atoms with Crippen molar-refractivity contribution in [1.29, 1.82) is 0 Å². The Bertz CT molecular complexity index is 1200. The average molecular weight is 447 g/mol. The number of benzene rings is 2. The predicted octanol–water partition coefficient (Wildman–Crippen LogP) is 3.65. The number of hydrogen-bond donors (Lipinski definition) is 3. The highest BCUT2D eigenvalue weighted by atomic mass is 19.1. The summed E-state index contributed by atoms with van der Waals surface area (Å²) < 4.78 is 20.8. The topological polar surface area (TPSA) is 89.3 Å². The summed E-state index contributed by atoms with van der Waals surface area (Å²) in [5.74, 6) is -0.554. The molecule has 6 nitrogen and oxygen atoms in total. The molecule has 3 aromatic rings. The Morgan fingerprint density at radius 1 is 0.970 bits per heavy atom. The fourth-order valence-electron chi connectivity index (χ4n) is 4.93. The second-order valence-corrected chi connectivity index (χ2v) is 8.66. The number of halogens is 1. The van der Waals surface area contributed by atoms with E-state index in [1.54, 1.807) is 19.2 Å². The van der Waals surface area contributed by atoms with E-state index in [-0.39, 0.29) is 17.3 Å². The number of fused-ring (bicyclic) bond motifs is 1.